The Labute approximate surface area is 92.8 Å². The van der Waals surface area contributed by atoms with Gasteiger partial charge in [0, 0.05) is 31.7 Å². The highest BCUT2D eigenvalue weighted by molar-refractivity contribution is 4.82. The first-order valence-corrected chi connectivity index (χ1v) is 6.48. The number of nitrogens with zero attached hydrogens (tertiary/aromatic N) is 1. The fourth-order valence-corrected chi connectivity index (χ4v) is 2.57. The molecule has 0 bridgehead atoms. The molecule has 2 fully saturated rings. The predicted octanol–water partition coefficient (Wildman–Crippen LogP) is 0.975. The summed E-state index contributed by atoms with van der Waals surface area (Å²) < 4.78 is 0. The molecule has 2 aliphatic rings. The van der Waals surface area contributed by atoms with Crippen LogP contribution in [0.15, 0.2) is 0 Å². The molecule has 2 saturated carbocycles. The zero-order chi connectivity index (χ0) is 10.5. The van der Waals surface area contributed by atoms with Gasteiger partial charge in [-0.15, -0.1) is 0 Å². The third-order valence-electron chi connectivity index (χ3n) is 3.64. The van der Waals surface area contributed by atoms with E-state index in [0.29, 0.717) is 6.61 Å². The Morgan fingerprint density at radius 3 is 2.40 bits per heavy atom. The van der Waals surface area contributed by atoms with Crippen molar-refractivity contribution in [2.75, 3.05) is 26.2 Å². The van der Waals surface area contributed by atoms with Gasteiger partial charge < -0.3 is 10.4 Å². The molecule has 0 heterocycles. The maximum absolute atomic E-state index is 9.06. The quantitative estimate of drug-likeness (QED) is 0.660. The third kappa shape index (κ3) is 3.74. The molecule has 0 atom stereocenters. The zero-order valence-electron chi connectivity index (χ0n) is 9.62. The van der Waals surface area contributed by atoms with Crippen molar-refractivity contribution in [3.8, 4) is 0 Å². The number of rotatable bonds is 7. The average molecular weight is 212 g/mol. The topological polar surface area (TPSA) is 35.5 Å². The highest BCUT2D eigenvalue weighted by atomic mass is 16.3. The van der Waals surface area contributed by atoms with E-state index in [1.54, 1.807) is 0 Å². The van der Waals surface area contributed by atoms with Crippen LogP contribution in [0.3, 0.4) is 0 Å². The van der Waals surface area contributed by atoms with Gasteiger partial charge >= 0.3 is 0 Å². The minimum absolute atomic E-state index is 0.305. The molecule has 0 amide bonds. The van der Waals surface area contributed by atoms with Crippen LogP contribution in [0.5, 0.6) is 0 Å². The molecule has 15 heavy (non-hydrogen) atoms. The minimum Gasteiger partial charge on any atom is -0.395 e. The highest BCUT2D eigenvalue weighted by Crippen LogP contribution is 2.23. The molecule has 0 radical (unpaired) electrons. The Kier molecular flexibility index (Phi) is 4.42. The number of nitrogens with one attached hydrogen (secondary N) is 1. The second-order valence-electron chi connectivity index (χ2n) is 4.93. The SMILES string of the molecule is OCCN(CCNC1CC1)C1CCCC1. The second kappa shape index (κ2) is 5.83. The minimum atomic E-state index is 0.305. The smallest absolute Gasteiger partial charge is 0.0558 e. The Hall–Kier alpha value is -0.120. The standard InChI is InChI=1S/C12H24N2O/c15-10-9-14(12-3-1-2-4-12)8-7-13-11-5-6-11/h11-13,15H,1-10H2. The molecule has 0 aromatic rings. The van der Waals surface area contributed by atoms with Crippen LogP contribution in [0.4, 0.5) is 0 Å². The lowest BCUT2D eigenvalue weighted by molar-refractivity contribution is 0.152. The summed E-state index contributed by atoms with van der Waals surface area (Å²) >= 11 is 0. The van der Waals surface area contributed by atoms with Gasteiger partial charge in [-0.2, -0.15) is 0 Å². The number of aliphatic hydroxyl groups is 1. The van der Waals surface area contributed by atoms with E-state index in [0.717, 1.165) is 31.7 Å². The summed E-state index contributed by atoms with van der Waals surface area (Å²) in [5.74, 6) is 0. The fraction of sp³-hybridized carbons (Fsp3) is 1.00. The lowest BCUT2D eigenvalue weighted by Gasteiger charge is -2.28. The van der Waals surface area contributed by atoms with Crippen LogP contribution >= 0.6 is 0 Å². The first-order chi connectivity index (χ1) is 7.40. The summed E-state index contributed by atoms with van der Waals surface area (Å²) in [5.41, 5.74) is 0. The van der Waals surface area contributed by atoms with Crippen LogP contribution in [-0.4, -0.2) is 48.3 Å². The zero-order valence-corrected chi connectivity index (χ0v) is 9.62. The molecule has 2 N–H and O–H groups in total. The third-order valence-corrected chi connectivity index (χ3v) is 3.64. The number of hydrogen-bond acceptors (Lipinski definition) is 3. The van der Waals surface area contributed by atoms with Crippen LogP contribution in [0, 0.1) is 0 Å². The van der Waals surface area contributed by atoms with Gasteiger partial charge in [-0.05, 0) is 25.7 Å². The van der Waals surface area contributed by atoms with Crippen molar-refractivity contribution in [2.45, 2.75) is 50.6 Å². The van der Waals surface area contributed by atoms with Gasteiger partial charge in [-0.25, -0.2) is 0 Å². The molecule has 0 spiro atoms. The van der Waals surface area contributed by atoms with Crippen molar-refractivity contribution >= 4 is 0 Å². The van der Waals surface area contributed by atoms with E-state index in [4.69, 9.17) is 5.11 Å². The van der Waals surface area contributed by atoms with Crippen molar-refractivity contribution in [3.05, 3.63) is 0 Å². The largest absolute Gasteiger partial charge is 0.395 e. The summed E-state index contributed by atoms with van der Waals surface area (Å²) in [6, 6.07) is 1.56. The van der Waals surface area contributed by atoms with Crippen LogP contribution in [-0.2, 0) is 0 Å². The molecular formula is C12H24N2O. The van der Waals surface area contributed by atoms with E-state index in [2.05, 4.69) is 10.2 Å². The summed E-state index contributed by atoms with van der Waals surface area (Å²) in [6.45, 7) is 3.37. The van der Waals surface area contributed by atoms with Crippen molar-refractivity contribution < 1.29 is 5.11 Å². The molecule has 0 saturated heterocycles. The lowest BCUT2D eigenvalue weighted by atomic mass is 10.2. The summed E-state index contributed by atoms with van der Waals surface area (Å²) in [5, 5.41) is 12.6. The van der Waals surface area contributed by atoms with E-state index >= 15 is 0 Å². The van der Waals surface area contributed by atoms with E-state index in [9.17, 15) is 0 Å². The summed E-state index contributed by atoms with van der Waals surface area (Å²) in [6.07, 6.45) is 8.16. The monoisotopic (exact) mass is 212 g/mol. The highest BCUT2D eigenvalue weighted by Gasteiger charge is 2.23. The summed E-state index contributed by atoms with van der Waals surface area (Å²) in [7, 11) is 0. The molecule has 3 heteroatoms. The van der Waals surface area contributed by atoms with Gasteiger partial charge in [0.05, 0.1) is 6.61 Å². The van der Waals surface area contributed by atoms with Crippen LogP contribution in [0.1, 0.15) is 38.5 Å². The van der Waals surface area contributed by atoms with Crippen molar-refractivity contribution in [1.29, 1.82) is 0 Å². The van der Waals surface area contributed by atoms with E-state index in [-0.39, 0.29) is 0 Å². The van der Waals surface area contributed by atoms with Crippen molar-refractivity contribution in [2.24, 2.45) is 0 Å². The Morgan fingerprint density at radius 1 is 1.07 bits per heavy atom. The summed E-state index contributed by atoms with van der Waals surface area (Å²) in [4.78, 5) is 2.47. The molecule has 0 aromatic heterocycles. The van der Waals surface area contributed by atoms with E-state index in [1.807, 2.05) is 0 Å². The molecular weight excluding hydrogens is 188 g/mol. The first kappa shape index (κ1) is 11.4. The van der Waals surface area contributed by atoms with Gasteiger partial charge in [0.15, 0.2) is 0 Å². The molecule has 88 valence electrons. The maximum Gasteiger partial charge on any atom is 0.0558 e. The Morgan fingerprint density at radius 2 is 1.80 bits per heavy atom. The van der Waals surface area contributed by atoms with Crippen LogP contribution < -0.4 is 5.32 Å². The van der Waals surface area contributed by atoms with Crippen LogP contribution in [0.2, 0.25) is 0 Å². The fourth-order valence-electron chi connectivity index (χ4n) is 2.57. The molecule has 0 aliphatic heterocycles. The maximum atomic E-state index is 9.06. The normalized spacial score (nSPS) is 22.8. The molecule has 3 nitrogen and oxygen atoms in total. The molecule has 0 unspecified atom stereocenters. The molecule has 0 aromatic carbocycles. The second-order valence-corrected chi connectivity index (χ2v) is 4.93. The molecule has 2 aliphatic carbocycles. The predicted molar refractivity (Wildman–Crippen MR) is 61.9 cm³/mol. The van der Waals surface area contributed by atoms with Crippen LogP contribution in [0.25, 0.3) is 0 Å². The van der Waals surface area contributed by atoms with Crippen molar-refractivity contribution in [3.63, 3.8) is 0 Å². The van der Waals surface area contributed by atoms with Crippen molar-refractivity contribution in [1.82, 2.24) is 10.2 Å². The van der Waals surface area contributed by atoms with Gasteiger partial charge in [-0.3, -0.25) is 4.90 Å². The lowest BCUT2D eigenvalue weighted by Crippen LogP contribution is -2.40. The Balaban J connectivity index is 1.66. The number of aliphatic hydroxyl groups excluding tert-OH is 1. The van der Waals surface area contributed by atoms with Gasteiger partial charge in [0.1, 0.15) is 0 Å². The first-order valence-electron chi connectivity index (χ1n) is 6.48. The van der Waals surface area contributed by atoms with E-state index < -0.39 is 0 Å². The molecule has 2 rings (SSSR count). The Bertz CT molecular complexity index is 176. The number of hydrogen-bond donors (Lipinski definition) is 2. The average Bonchev–Trinajstić information content (AvgIpc) is 2.91. The van der Waals surface area contributed by atoms with Gasteiger partial charge in [0.2, 0.25) is 0 Å². The van der Waals surface area contributed by atoms with E-state index in [1.165, 1.54) is 38.5 Å². The van der Waals surface area contributed by atoms with Gasteiger partial charge in [-0.1, -0.05) is 12.8 Å². The van der Waals surface area contributed by atoms with Gasteiger partial charge in [0.25, 0.3) is 0 Å².